The molecule has 2 aromatic rings. The first-order chi connectivity index (χ1) is 10.9. The van der Waals surface area contributed by atoms with Crippen LogP contribution in [0.15, 0.2) is 72.3 Å². The molecule has 22 heavy (non-hydrogen) atoms. The summed E-state index contributed by atoms with van der Waals surface area (Å²) in [5.74, 6) is 0.471. The zero-order valence-corrected chi connectivity index (χ0v) is 13.3. The van der Waals surface area contributed by atoms with Crippen molar-refractivity contribution in [2.24, 2.45) is 0 Å². The van der Waals surface area contributed by atoms with Crippen LogP contribution in [0.25, 0.3) is 0 Å². The van der Waals surface area contributed by atoms with E-state index < -0.39 is 0 Å². The van der Waals surface area contributed by atoms with Crippen molar-refractivity contribution in [3.05, 3.63) is 83.4 Å². The molecule has 0 unspecified atom stereocenters. The van der Waals surface area contributed by atoms with E-state index in [2.05, 4.69) is 24.3 Å². The number of benzene rings is 2. The lowest BCUT2D eigenvalue weighted by atomic mass is 10.2. The Bertz CT molecular complexity index is 505. The summed E-state index contributed by atoms with van der Waals surface area (Å²) in [5.41, 5.74) is 3.40. The highest BCUT2D eigenvalue weighted by molar-refractivity contribution is 6.18. The number of halogens is 1. The Labute approximate surface area is 137 Å². The molecule has 0 aromatic heterocycles. The summed E-state index contributed by atoms with van der Waals surface area (Å²) >= 11 is 5.80. The summed E-state index contributed by atoms with van der Waals surface area (Å²) in [6, 6.07) is 20.3. The van der Waals surface area contributed by atoms with Crippen molar-refractivity contribution in [2.75, 3.05) is 19.1 Å². The molecule has 0 N–H and O–H groups in total. The van der Waals surface area contributed by atoms with E-state index >= 15 is 0 Å². The van der Waals surface area contributed by atoms with E-state index in [1.165, 1.54) is 0 Å². The van der Waals surface area contributed by atoms with Gasteiger partial charge in [-0.15, -0.1) is 11.6 Å². The van der Waals surface area contributed by atoms with Gasteiger partial charge in [0, 0.05) is 5.88 Å². The maximum atomic E-state index is 5.80. The molecule has 2 aromatic carbocycles. The second kappa shape index (κ2) is 10.2. The number of allylic oxidation sites excluding steroid dienone is 1. The monoisotopic (exact) mass is 316 g/mol. The molecule has 0 aliphatic heterocycles. The molecule has 0 amide bonds. The lowest BCUT2D eigenvalue weighted by Gasteiger charge is -2.10. The van der Waals surface area contributed by atoms with Gasteiger partial charge in [0.15, 0.2) is 0 Å². The summed E-state index contributed by atoms with van der Waals surface area (Å²) < 4.78 is 11.5. The van der Waals surface area contributed by atoms with Gasteiger partial charge in [-0.05, 0) is 16.7 Å². The molecule has 2 rings (SSSR count). The predicted octanol–water partition coefficient (Wildman–Crippen LogP) is 4.59. The SMILES string of the molecule is ClCC=C(COCc1ccccc1)COCc1ccccc1. The van der Waals surface area contributed by atoms with E-state index in [1.807, 2.05) is 42.5 Å². The second-order valence-electron chi connectivity index (χ2n) is 4.97. The molecule has 0 aliphatic carbocycles. The van der Waals surface area contributed by atoms with Crippen LogP contribution in [0.4, 0.5) is 0 Å². The normalized spacial score (nSPS) is 10.4. The van der Waals surface area contributed by atoms with E-state index in [9.17, 15) is 0 Å². The van der Waals surface area contributed by atoms with E-state index in [-0.39, 0.29) is 0 Å². The fourth-order valence-electron chi connectivity index (χ4n) is 2.02. The van der Waals surface area contributed by atoms with Gasteiger partial charge in [-0.2, -0.15) is 0 Å². The molecular formula is C19H21ClO2. The van der Waals surface area contributed by atoms with Gasteiger partial charge in [0.1, 0.15) is 0 Å². The molecule has 0 atom stereocenters. The van der Waals surface area contributed by atoms with Gasteiger partial charge in [0.05, 0.1) is 26.4 Å². The second-order valence-corrected chi connectivity index (χ2v) is 5.28. The van der Waals surface area contributed by atoms with Crippen LogP contribution in [-0.2, 0) is 22.7 Å². The van der Waals surface area contributed by atoms with E-state index in [4.69, 9.17) is 21.1 Å². The van der Waals surface area contributed by atoms with Crippen LogP contribution in [0, 0.1) is 0 Å². The van der Waals surface area contributed by atoms with Crippen LogP contribution in [0.2, 0.25) is 0 Å². The standard InChI is InChI=1S/C19H21ClO2/c20-12-11-19(15-21-13-17-7-3-1-4-8-17)16-22-14-18-9-5-2-6-10-18/h1-11H,12-16H2. The van der Waals surface area contributed by atoms with Crippen LogP contribution in [0.5, 0.6) is 0 Å². The van der Waals surface area contributed by atoms with Crippen molar-refractivity contribution in [1.82, 2.24) is 0 Å². The van der Waals surface area contributed by atoms with Gasteiger partial charge in [-0.3, -0.25) is 0 Å². The van der Waals surface area contributed by atoms with Crippen LogP contribution in [-0.4, -0.2) is 19.1 Å². The Morgan fingerprint density at radius 1 is 0.773 bits per heavy atom. The highest BCUT2D eigenvalue weighted by Gasteiger charge is 2.00. The van der Waals surface area contributed by atoms with Crippen LogP contribution in [0.1, 0.15) is 11.1 Å². The van der Waals surface area contributed by atoms with Crippen molar-refractivity contribution in [3.8, 4) is 0 Å². The quantitative estimate of drug-likeness (QED) is 0.498. The van der Waals surface area contributed by atoms with Gasteiger partial charge >= 0.3 is 0 Å². The van der Waals surface area contributed by atoms with Gasteiger partial charge < -0.3 is 9.47 Å². The molecular weight excluding hydrogens is 296 g/mol. The molecule has 0 radical (unpaired) electrons. The topological polar surface area (TPSA) is 18.5 Å². The van der Waals surface area contributed by atoms with Gasteiger partial charge in [-0.1, -0.05) is 66.7 Å². The van der Waals surface area contributed by atoms with Crippen LogP contribution in [0.3, 0.4) is 0 Å². The molecule has 0 fully saturated rings. The van der Waals surface area contributed by atoms with E-state index in [1.54, 1.807) is 0 Å². The first-order valence-electron chi connectivity index (χ1n) is 7.35. The number of ether oxygens (including phenoxy) is 2. The fourth-order valence-corrected chi connectivity index (χ4v) is 2.24. The summed E-state index contributed by atoms with van der Waals surface area (Å²) in [6.45, 7) is 2.27. The highest BCUT2D eigenvalue weighted by Crippen LogP contribution is 2.06. The number of rotatable bonds is 9. The average molecular weight is 317 g/mol. The zero-order valence-electron chi connectivity index (χ0n) is 12.6. The zero-order chi connectivity index (χ0) is 15.5. The molecule has 0 aliphatic rings. The first kappa shape index (κ1) is 16.8. The predicted molar refractivity (Wildman–Crippen MR) is 91.0 cm³/mol. The van der Waals surface area contributed by atoms with Crippen molar-refractivity contribution in [2.45, 2.75) is 13.2 Å². The third-order valence-corrected chi connectivity index (χ3v) is 3.32. The molecule has 0 saturated heterocycles. The minimum atomic E-state index is 0.471. The maximum absolute atomic E-state index is 5.80. The van der Waals surface area contributed by atoms with Crippen LogP contribution >= 0.6 is 11.6 Å². The highest BCUT2D eigenvalue weighted by atomic mass is 35.5. The molecule has 2 nitrogen and oxygen atoms in total. The molecule has 0 saturated carbocycles. The van der Waals surface area contributed by atoms with Gasteiger partial charge in [0.25, 0.3) is 0 Å². The number of alkyl halides is 1. The maximum Gasteiger partial charge on any atom is 0.0721 e. The summed E-state index contributed by atoms with van der Waals surface area (Å²) in [7, 11) is 0. The minimum absolute atomic E-state index is 0.471. The van der Waals surface area contributed by atoms with E-state index in [0.29, 0.717) is 32.3 Å². The largest absolute Gasteiger partial charge is 0.372 e. The molecule has 116 valence electrons. The first-order valence-corrected chi connectivity index (χ1v) is 7.89. The number of hydrogen-bond donors (Lipinski definition) is 0. The van der Waals surface area contributed by atoms with Gasteiger partial charge in [0.2, 0.25) is 0 Å². The third-order valence-electron chi connectivity index (χ3n) is 3.16. The van der Waals surface area contributed by atoms with Crippen molar-refractivity contribution >= 4 is 11.6 Å². The van der Waals surface area contributed by atoms with Crippen molar-refractivity contribution in [1.29, 1.82) is 0 Å². The Morgan fingerprint density at radius 3 is 1.64 bits per heavy atom. The number of hydrogen-bond acceptors (Lipinski definition) is 2. The minimum Gasteiger partial charge on any atom is -0.372 e. The summed E-state index contributed by atoms with van der Waals surface area (Å²) in [6.07, 6.45) is 1.96. The van der Waals surface area contributed by atoms with Crippen molar-refractivity contribution < 1.29 is 9.47 Å². The van der Waals surface area contributed by atoms with Gasteiger partial charge in [-0.25, -0.2) is 0 Å². The molecule has 3 heteroatoms. The Morgan fingerprint density at radius 2 is 1.23 bits per heavy atom. The smallest absolute Gasteiger partial charge is 0.0721 e. The fraction of sp³-hybridized carbons (Fsp3) is 0.263. The summed E-state index contributed by atoms with van der Waals surface area (Å²) in [4.78, 5) is 0. The van der Waals surface area contributed by atoms with Crippen molar-refractivity contribution in [3.63, 3.8) is 0 Å². The van der Waals surface area contributed by atoms with E-state index in [0.717, 1.165) is 16.7 Å². The lowest BCUT2D eigenvalue weighted by molar-refractivity contribution is 0.105. The Kier molecular flexibility index (Phi) is 7.75. The van der Waals surface area contributed by atoms with Crippen LogP contribution < -0.4 is 0 Å². The summed E-state index contributed by atoms with van der Waals surface area (Å²) in [5, 5.41) is 0. The third kappa shape index (κ3) is 6.44. The Balaban J connectivity index is 1.72. The Hall–Kier alpha value is -1.61. The molecule has 0 heterocycles. The average Bonchev–Trinajstić information content (AvgIpc) is 2.57. The lowest BCUT2D eigenvalue weighted by Crippen LogP contribution is -2.06. The molecule has 0 spiro atoms. The molecule has 0 bridgehead atoms.